The minimum absolute atomic E-state index is 0.103. The summed E-state index contributed by atoms with van der Waals surface area (Å²) in [7, 11) is 1.55. The summed E-state index contributed by atoms with van der Waals surface area (Å²) < 4.78 is 14.3. The van der Waals surface area contributed by atoms with Gasteiger partial charge in [-0.1, -0.05) is 25.4 Å². The van der Waals surface area contributed by atoms with E-state index in [1.807, 2.05) is 13.8 Å². The number of pyridine rings is 1. The number of aromatic nitrogens is 3. The highest BCUT2D eigenvalue weighted by atomic mass is 35.5. The van der Waals surface area contributed by atoms with Crippen molar-refractivity contribution in [3.63, 3.8) is 0 Å². The van der Waals surface area contributed by atoms with Gasteiger partial charge in [0.15, 0.2) is 5.82 Å². The standard InChI is InChI=1S/C20H19ClFN5O/c1-11(2)14-10-25-18(13-8-12(21)4-5-16(13)22)27-19(14)26-17-6-7-24-9-15(17)20(28)23-3/h4-11H,1-3H3,(H,23,28)(H,24,25,26,27). The smallest absolute Gasteiger partial charge is 0.254 e. The number of hydrogen-bond donors (Lipinski definition) is 2. The van der Waals surface area contributed by atoms with Gasteiger partial charge >= 0.3 is 0 Å². The normalized spacial score (nSPS) is 10.8. The van der Waals surface area contributed by atoms with Crippen molar-refractivity contribution in [1.29, 1.82) is 0 Å². The van der Waals surface area contributed by atoms with Crippen molar-refractivity contribution < 1.29 is 9.18 Å². The molecule has 1 amide bonds. The predicted octanol–water partition coefficient (Wildman–Crippen LogP) is 4.56. The fourth-order valence-electron chi connectivity index (χ4n) is 2.66. The molecule has 8 heteroatoms. The Morgan fingerprint density at radius 3 is 2.71 bits per heavy atom. The van der Waals surface area contributed by atoms with E-state index in [-0.39, 0.29) is 23.2 Å². The number of anilines is 2. The van der Waals surface area contributed by atoms with Gasteiger partial charge in [-0.3, -0.25) is 9.78 Å². The van der Waals surface area contributed by atoms with Gasteiger partial charge in [0.05, 0.1) is 16.8 Å². The summed E-state index contributed by atoms with van der Waals surface area (Å²) >= 11 is 6.00. The molecule has 0 fully saturated rings. The fraction of sp³-hybridized carbons (Fsp3) is 0.200. The van der Waals surface area contributed by atoms with Crippen LogP contribution >= 0.6 is 11.6 Å². The predicted molar refractivity (Wildman–Crippen MR) is 107 cm³/mol. The van der Waals surface area contributed by atoms with Gasteiger partial charge in [-0.05, 0) is 30.2 Å². The zero-order valence-corrected chi connectivity index (χ0v) is 16.4. The van der Waals surface area contributed by atoms with Gasteiger partial charge in [0.25, 0.3) is 5.91 Å². The molecule has 0 aliphatic heterocycles. The first-order valence-corrected chi connectivity index (χ1v) is 9.04. The monoisotopic (exact) mass is 399 g/mol. The van der Waals surface area contributed by atoms with E-state index in [1.54, 1.807) is 25.5 Å². The zero-order chi connectivity index (χ0) is 20.3. The number of nitrogens with one attached hydrogen (secondary N) is 2. The molecule has 0 spiro atoms. The first kappa shape index (κ1) is 19.7. The summed E-state index contributed by atoms with van der Waals surface area (Å²) in [6.45, 7) is 3.99. The van der Waals surface area contributed by atoms with Crippen molar-refractivity contribution >= 4 is 29.0 Å². The van der Waals surface area contributed by atoms with Crippen molar-refractivity contribution in [1.82, 2.24) is 20.3 Å². The quantitative estimate of drug-likeness (QED) is 0.657. The first-order valence-electron chi connectivity index (χ1n) is 8.66. The molecule has 1 aromatic carbocycles. The van der Waals surface area contributed by atoms with Gasteiger partial charge < -0.3 is 10.6 Å². The van der Waals surface area contributed by atoms with Crippen molar-refractivity contribution in [2.45, 2.75) is 19.8 Å². The summed E-state index contributed by atoms with van der Waals surface area (Å²) in [5, 5.41) is 6.14. The molecular weight excluding hydrogens is 381 g/mol. The Hall–Kier alpha value is -3.06. The molecule has 0 saturated carbocycles. The van der Waals surface area contributed by atoms with Crippen LogP contribution < -0.4 is 10.6 Å². The average Bonchev–Trinajstić information content (AvgIpc) is 2.69. The van der Waals surface area contributed by atoms with Crippen LogP contribution in [0, 0.1) is 5.82 Å². The Morgan fingerprint density at radius 2 is 2.00 bits per heavy atom. The topological polar surface area (TPSA) is 79.8 Å². The Kier molecular flexibility index (Phi) is 5.84. The summed E-state index contributed by atoms with van der Waals surface area (Å²) in [5.74, 6) is 0.0312. The molecule has 0 aliphatic carbocycles. The number of halogens is 2. The second-order valence-corrected chi connectivity index (χ2v) is 6.84. The Labute approximate surface area is 167 Å². The van der Waals surface area contributed by atoms with E-state index in [1.165, 1.54) is 24.4 Å². The van der Waals surface area contributed by atoms with Crippen LogP contribution in [0.5, 0.6) is 0 Å². The van der Waals surface area contributed by atoms with Crippen molar-refractivity contribution in [2.24, 2.45) is 0 Å². The molecule has 0 atom stereocenters. The van der Waals surface area contributed by atoms with Crippen molar-refractivity contribution in [3.05, 3.63) is 64.8 Å². The number of benzene rings is 1. The Balaban J connectivity index is 2.10. The molecule has 0 bridgehead atoms. The van der Waals surface area contributed by atoms with Crippen LogP contribution in [0.2, 0.25) is 5.02 Å². The number of nitrogens with zero attached hydrogens (tertiary/aromatic N) is 3. The maximum atomic E-state index is 14.3. The molecule has 6 nitrogen and oxygen atoms in total. The fourth-order valence-corrected chi connectivity index (χ4v) is 2.83. The first-order chi connectivity index (χ1) is 13.4. The lowest BCUT2D eigenvalue weighted by Crippen LogP contribution is -2.19. The van der Waals surface area contributed by atoms with E-state index in [0.717, 1.165) is 5.56 Å². The molecule has 3 rings (SSSR count). The van der Waals surface area contributed by atoms with Crippen LogP contribution in [-0.4, -0.2) is 27.9 Å². The van der Waals surface area contributed by atoms with Crippen LogP contribution in [0.4, 0.5) is 15.9 Å². The highest BCUT2D eigenvalue weighted by Gasteiger charge is 2.17. The number of carbonyl (C=O) groups excluding carboxylic acids is 1. The molecule has 144 valence electrons. The Morgan fingerprint density at radius 1 is 1.21 bits per heavy atom. The molecule has 2 N–H and O–H groups in total. The largest absolute Gasteiger partial charge is 0.355 e. The number of amides is 1. The van der Waals surface area contributed by atoms with Gasteiger partial charge in [-0.2, -0.15) is 0 Å². The summed E-state index contributed by atoms with van der Waals surface area (Å²) in [6, 6.07) is 5.90. The molecule has 0 radical (unpaired) electrons. The van der Waals surface area contributed by atoms with Gasteiger partial charge in [0, 0.05) is 36.2 Å². The highest BCUT2D eigenvalue weighted by molar-refractivity contribution is 6.30. The molecule has 0 unspecified atom stereocenters. The van der Waals surface area contributed by atoms with E-state index >= 15 is 0 Å². The van der Waals surface area contributed by atoms with Gasteiger partial charge in [0.2, 0.25) is 0 Å². The highest BCUT2D eigenvalue weighted by Crippen LogP contribution is 2.30. The maximum absolute atomic E-state index is 14.3. The minimum atomic E-state index is -0.470. The van der Waals surface area contributed by atoms with Crippen LogP contribution in [0.1, 0.15) is 35.7 Å². The van der Waals surface area contributed by atoms with Crippen LogP contribution in [-0.2, 0) is 0 Å². The van der Waals surface area contributed by atoms with E-state index < -0.39 is 5.82 Å². The van der Waals surface area contributed by atoms with Gasteiger partial charge in [-0.25, -0.2) is 14.4 Å². The molecule has 0 aliphatic rings. The summed E-state index contributed by atoms with van der Waals surface area (Å²) in [4.78, 5) is 24.9. The maximum Gasteiger partial charge on any atom is 0.254 e. The lowest BCUT2D eigenvalue weighted by Gasteiger charge is -2.16. The molecule has 2 aromatic heterocycles. The molecular formula is C20H19ClFN5O. The number of hydrogen-bond acceptors (Lipinski definition) is 5. The molecule has 0 saturated heterocycles. The lowest BCUT2D eigenvalue weighted by molar-refractivity contribution is 0.0963. The van der Waals surface area contributed by atoms with E-state index in [4.69, 9.17) is 11.6 Å². The van der Waals surface area contributed by atoms with E-state index in [2.05, 4.69) is 25.6 Å². The summed E-state index contributed by atoms with van der Waals surface area (Å²) in [6.07, 6.45) is 4.69. The van der Waals surface area contributed by atoms with Crippen LogP contribution in [0.25, 0.3) is 11.4 Å². The van der Waals surface area contributed by atoms with Crippen molar-refractivity contribution in [2.75, 3.05) is 12.4 Å². The minimum Gasteiger partial charge on any atom is -0.355 e. The zero-order valence-electron chi connectivity index (χ0n) is 15.6. The Bertz CT molecular complexity index is 1030. The van der Waals surface area contributed by atoms with Crippen LogP contribution in [0.3, 0.4) is 0 Å². The second-order valence-electron chi connectivity index (χ2n) is 6.40. The van der Waals surface area contributed by atoms with E-state index in [0.29, 0.717) is 22.1 Å². The van der Waals surface area contributed by atoms with E-state index in [9.17, 15) is 9.18 Å². The molecule has 2 heterocycles. The van der Waals surface area contributed by atoms with Gasteiger partial charge in [-0.15, -0.1) is 0 Å². The van der Waals surface area contributed by atoms with Crippen molar-refractivity contribution in [3.8, 4) is 11.4 Å². The summed E-state index contributed by atoms with van der Waals surface area (Å²) in [5.41, 5.74) is 1.93. The third-order valence-corrected chi connectivity index (χ3v) is 4.39. The molecule has 3 aromatic rings. The average molecular weight is 400 g/mol. The van der Waals surface area contributed by atoms with Gasteiger partial charge in [0.1, 0.15) is 11.6 Å². The third kappa shape index (κ3) is 4.09. The number of rotatable bonds is 5. The second kappa shape index (κ2) is 8.31. The number of carbonyl (C=O) groups is 1. The molecule has 28 heavy (non-hydrogen) atoms. The SMILES string of the molecule is CNC(=O)c1cnccc1Nc1nc(-c2cc(Cl)ccc2F)ncc1C(C)C. The third-order valence-electron chi connectivity index (χ3n) is 4.15. The lowest BCUT2D eigenvalue weighted by atomic mass is 10.1. The van der Waals surface area contributed by atoms with Crippen LogP contribution in [0.15, 0.2) is 42.9 Å².